The highest BCUT2D eigenvalue weighted by atomic mass is 32.2. The van der Waals surface area contributed by atoms with Gasteiger partial charge in [-0.1, -0.05) is 6.92 Å². The number of hydrogen-bond acceptors (Lipinski definition) is 4. The van der Waals surface area contributed by atoms with Crippen LogP contribution >= 0.6 is 23.5 Å². The Labute approximate surface area is 108 Å². The first-order valence-corrected chi connectivity index (χ1v) is 8.41. The summed E-state index contributed by atoms with van der Waals surface area (Å²) in [7, 11) is 0. The molecule has 1 saturated heterocycles. The first kappa shape index (κ1) is 14.2. The van der Waals surface area contributed by atoms with Gasteiger partial charge in [-0.3, -0.25) is 0 Å². The summed E-state index contributed by atoms with van der Waals surface area (Å²) < 4.78 is -0.0886. The number of nitriles is 1. The van der Waals surface area contributed by atoms with Gasteiger partial charge in [0.1, 0.15) is 4.75 Å². The fraction of sp³-hybridized carbons (Fsp3) is 0.917. The van der Waals surface area contributed by atoms with Crippen LogP contribution in [0.3, 0.4) is 0 Å². The second kappa shape index (κ2) is 7.47. The minimum absolute atomic E-state index is 0.0886. The van der Waals surface area contributed by atoms with Gasteiger partial charge in [-0.25, -0.2) is 0 Å². The van der Waals surface area contributed by atoms with E-state index in [1.165, 1.54) is 24.5 Å². The SMILES string of the molecule is CCSCCCN1CCC(C#N)(SC)CC1. The van der Waals surface area contributed by atoms with Crippen LogP contribution in [0.25, 0.3) is 0 Å². The van der Waals surface area contributed by atoms with Crippen LogP contribution in [0.15, 0.2) is 0 Å². The minimum atomic E-state index is -0.0886. The zero-order chi connectivity index (χ0) is 11.9. The smallest absolute Gasteiger partial charge is 0.104 e. The van der Waals surface area contributed by atoms with E-state index in [1.54, 1.807) is 11.8 Å². The van der Waals surface area contributed by atoms with E-state index in [0.717, 1.165) is 25.9 Å². The zero-order valence-corrected chi connectivity index (χ0v) is 12.0. The van der Waals surface area contributed by atoms with Crippen LogP contribution in [-0.2, 0) is 0 Å². The van der Waals surface area contributed by atoms with E-state index >= 15 is 0 Å². The lowest BCUT2D eigenvalue weighted by atomic mass is 9.97. The number of likely N-dealkylation sites (tertiary alicyclic amines) is 1. The molecule has 0 saturated carbocycles. The van der Waals surface area contributed by atoms with Crippen molar-refractivity contribution < 1.29 is 0 Å². The van der Waals surface area contributed by atoms with Gasteiger partial charge < -0.3 is 4.90 Å². The molecule has 1 fully saturated rings. The standard InChI is InChI=1S/C12H22N2S2/c1-3-16-10-4-7-14-8-5-12(11-13,15-2)6-9-14/h3-10H2,1-2H3. The highest BCUT2D eigenvalue weighted by Crippen LogP contribution is 2.33. The van der Waals surface area contributed by atoms with Crippen LogP contribution in [-0.4, -0.2) is 47.0 Å². The Morgan fingerprint density at radius 1 is 1.38 bits per heavy atom. The quantitative estimate of drug-likeness (QED) is 0.685. The Bertz CT molecular complexity index is 230. The summed E-state index contributed by atoms with van der Waals surface area (Å²) in [6, 6.07) is 2.50. The molecule has 0 aliphatic carbocycles. The van der Waals surface area contributed by atoms with E-state index in [9.17, 15) is 5.26 Å². The monoisotopic (exact) mass is 258 g/mol. The largest absolute Gasteiger partial charge is 0.303 e. The van der Waals surface area contributed by atoms with Gasteiger partial charge in [0.05, 0.1) is 6.07 Å². The third-order valence-electron chi connectivity index (χ3n) is 3.23. The second-order valence-corrected chi connectivity index (χ2v) is 6.79. The number of piperidine rings is 1. The van der Waals surface area contributed by atoms with Gasteiger partial charge in [-0.15, -0.1) is 11.8 Å². The number of rotatable bonds is 6. The highest BCUT2D eigenvalue weighted by molar-refractivity contribution is 8.00. The first-order valence-electron chi connectivity index (χ1n) is 6.03. The maximum atomic E-state index is 9.18. The van der Waals surface area contributed by atoms with E-state index in [4.69, 9.17) is 0 Å². The normalized spacial score (nSPS) is 20.6. The van der Waals surface area contributed by atoms with Gasteiger partial charge in [-0.2, -0.15) is 17.0 Å². The van der Waals surface area contributed by atoms with E-state index < -0.39 is 0 Å². The lowest BCUT2D eigenvalue weighted by Gasteiger charge is -2.36. The zero-order valence-electron chi connectivity index (χ0n) is 10.4. The maximum Gasteiger partial charge on any atom is 0.104 e. The molecule has 1 aliphatic heterocycles. The third kappa shape index (κ3) is 4.20. The fourth-order valence-electron chi connectivity index (χ4n) is 2.03. The minimum Gasteiger partial charge on any atom is -0.303 e. The summed E-state index contributed by atoms with van der Waals surface area (Å²) in [6.45, 7) is 5.63. The lowest BCUT2D eigenvalue weighted by molar-refractivity contribution is 0.218. The molecular weight excluding hydrogens is 236 g/mol. The van der Waals surface area contributed by atoms with E-state index in [0.29, 0.717) is 0 Å². The molecule has 1 rings (SSSR count). The van der Waals surface area contributed by atoms with Crippen molar-refractivity contribution >= 4 is 23.5 Å². The predicted octanol–water partition coefficient (Wildman–Crippen LogP) is 2.85. The Hall–Kier alpha value is 0.150. The number of nitrogens with zero attached hydrogens (tertiary/aromatic N) is 2. The Morgan fingerprint density at radius 3 is 2.56 bits per heavy atom. The molecule has 1 heterocycles. The van der Waals surface area contributed by atoms with Gasteiger partial charge in [-0.05, 0) is 43.6 Å². The van der Waals surface area contributed by atoms with Crippen molar-refractivity contribution in [2.75, 3.05) is 37.4 Å². The van der Waals surface area contributed by atoms with Crippen LogP contribution in [0.5, 0.6) is 0 Å². The molecule has 4 heteroatoms. The van der Waals surface area contributed by atoms with Crippen LogP contribution in [0.1, 0.15) is 26.2 Å². The molecule has 0 aromatic rings. The summed E-state index contributed by atoms with van der Waals surface area (Å²) in [4.78, 5) is 2.52. The lowest BCUT2D eigenvalue weighted by Crippen LogP contribution is -2.41. The van der Waals surface area contributed by atoms with Gasteiger partial charge in [0, 0.05) is 13.1 Å². The summed E-state index contributed by atoms with van der Waals surface area (Å²) in [5.74, 6) is 2.50. The molecule has 16 heavy (non-hydrogen) atoms. The van der Waals surface area contributed by atoms with Gasteiger partial charge in [0.25, 0.3) is 0 Å². The Morgan fingerprint density at radius 2 is 2.06 bits per heavy atom. The molecule has 0 bridgehead atoms. The van der Waals surface area contributed by atoms with Crippen LogP contribution in [0.2, 0.25) is 0 Å². The second-order valence-electron chi connectivity index (χ2n) is 4.20. The van der Waals surface area contributed by atoms with Crippen molar-refractivity contribution in [2.24, 2.45) is 0 Å². The summed E-state index contributed by atoms with van der Waals surface area (Å²) in [6.07, 6.45) is 5.42. The average molecular weight is 258 g/mol. The van der Waals surface area contributed by atoms with Crippen molar-refractivity contribution in [3.05, 3.63) is 0 Å². The van der Waals surface area contributed by atoms with Crippen molar-refractivity contribution in [2.45, 2.75) is 30.9 Å². The molecule has 0 atom stereocenters. The molecule has 1 aliphatic rings. The topological polar surface area (TPSA) is 27.0 Å². The van der Waals surface area contributed by atoms with E-state index in [-0.39, 0.29) is 4.75 Å². The molecule has 92 valence electrons. The van der Waals surface area contributed by atoms with E-state index in [2.05, 4.69) is 24.1 Å². The van der Waals surface area contributed by atoms with Crippen LogP contribution in [0, 0.1) is 11.3 Å². The van der Waals surface area contributed by atoms with Gasteiger partial charge >= 0.3 is 0 Å². The molecule has 0 amide bonds. The summed E-state index contributed by atoms with van der Waals surface area (Å²) in [5.41, 5.74) is 0. The molecule has 0 spiro atoms. The fourth-order valence-corrected chi connectivity index (χ4v) is 3.34. The summed E-state index contributed by atoms with van der Waals surface area (Å²) >= 11 is 3.76. The van der Waals surface area contributed by atoms with Crippen molar-refractivity contribution in [1.82, 2.24) is 4.90 Å². The van der Waals surface area contributed by atoms with Crippen molar-refractivity contribution in [3.8, 4) is 6.07 Å². The highest BCUT2D eigenvalue weighted by Gasteiger charge is 2.33. The van der Waals surface area contributed by atoms with Crippen molar-refractivity contribution in [3.63, 3.8) is 0 Å². The molecule has 0 aromatic carbocycles. The van der Waals surface area contributed by atoms with Crippen LogP contribution in [0.4, 0.5) is 0 Å². The molecule has 0 aromatic heterocycles. The first-order chi connectivity index (χ1) is 7.76. The number of thioether (sulfide) groups is 2. The van der Waals surface area contributed by atoms with Gasteiger partial charge in [0.2, 0.25) is 0 Å². The van der Waals surface area contributed by atoms with Gasteiger partial charge in [0.15, 0.2) is 0 Å². The molecule has 0 N–H and O–H groups in total. The molecular formula is C12H22N2S2. The predicted molar refractivity (Wildman–Crippen MR) is 75.1 cm³/mol. The molecule has 0 radical (unpaired) electrons. The average Bonchev–Trinajstić information content (AvgIpc) is 2.36. The van der Waals surface area contributed by atoms with E-state index in [1.807, 2.05) is 11.8 Å². The summed E-state index contributed by atoms with van der Waals surface area (Å²) in [5, 5.41) is 9.18. The molecule has 2 nitrogen and oxygen atoms in total. The number of hydrogen-bond donors (Lipinski definition) is 0. The van der Waals surface area contributed by atoms with Crippen molar-refractivity contribution in [1.29, 1.82) is 5.26 Å². The molecule has 0 unspecified atom stereocenters. The Kier molecular flexibility index (Phi) is 6.64. The maximum absolute atomic E-state index is 9.18. The van der Waals surface area contributed by atoms with Crippen LogP contribution < -0.4 is 0 Å². The Balaban J connectivity index is 2.19. The third-order valence-corrected chi connectivity index (χ3v) is 5.49.